The molecule has 3 aromatic rings. The van der Waals surface area contributed by atoms with Gasteiger partial charge in [0.1, 0.15) is 5.75 Å². The van der Waals surface area contributed by atoms with Crippen LogP contribution in [0, 0.1) is 0 Å². The van der Waals surface area contributed by atoms with Crippen LogP contribution >= 0.6 is 23.1 Å². The number of aromatic nitrogens is 2. The standard InChI is InChI=1S/C17H17N3O2S2/c1-3-23-17-20-19-16(24-17)18-15(21)11(2)22-14-10-6-8-12-7-4-5-9-13(12)14/h4-11H,3H2,1-2H3,(H,18,19,21)/t11-/m0/s1. The molecule has 1 atom stereocenters. The molecule has 0 aliphatic carbocycles. The van der Waals surface area contributed by atoms with Gasteiger partial charge in [0.05, 0.1) is 0 Å². The zero-order valence-corrected chi connectivity index (χ0v) is 15.0. The number of benzene rings is 2. The van der Waals surface area contributed by atoms with E-state index < -0.39 is 6.10 Å². The Morgan fingerprint density at radius 1 is 1.25 bits per heavy atom. The van der Waals surface area contributed by atoms with E-state index in [4.69, 9.17) is 4.74 Å². The van der Waals surface area contributed by atoms with Gasteiger partial charge in [-0.3, -0.25) is 10.1 Å². The van der Waals surface area contributed by atoms with E-state index in [1.165, 1.54) is 11.3 Å². The average Bonchev–Trinajstić information content (AvgIpc) is 3.02. The zero-order valence-electron chi connectivity index (χ0n) is 13.4. The molecule has 1 heterocycles. The molecule has 1 N–H and O–H groups in total. The molecule has 0 radical (unpaired) electrons. The SMILES string of the molecule is CCSc1nnc(NC(=O)[C@H](C)Oc2cccc3ccccc23)s1. The minimum atomic E-state index is -0.637. The van der Waals surface area contributed by atoms with Crippen molar-refractivity contribution in [1.29, 1.82) is 0 Å². The molecule has 0 unspecified atom stereocenters. The van der Waals surface area contributed by atoms with Gasteiger partial charge in [0.25, 0.3) is 5.91 Å². The summed E-state index contributed by atoms with van der Waals surface area (Å²) in [5.74, 6) is 1.37. The van der Waals surface area contributed by atoms with Crippen LogP contribution in [0.1, 0.15) is 13.8 Å². The minimum absolute atomic E-state index is 0.243. The van der Waals surface area contributed by atoms with Crippen LogP contribution < -0.4 is 10.1 Å². The Labute approximate surface area is 148 Å². The van der Waals surface area contributed by atoms with Crippen LogP contribution in [0.4, 0.5) is 5.13 Å². The normalized spacial score (nSPS) is 12.1. The second kappa shape index (κ2) is 7.63. The number of nitrogens with one attached hydrogen (secondary N) is 1. The van der Waals surface area contributed by atoms with Gasteiger partial charge in [-0.15, -0.1) is 10.2 Å². The lowest BCUT2D eigenvalue weighted by Gasteiger charge is -2.15. The second-order valence-corrected chi connectivity index (χ2v) is 7.52. The number of rotatable bonds is 6. The maximum atomic E-state index is 12.3. The summed E-state index contributed by atoms with van der Waals surface area (Å²) < 4.78 is 6.70. The highest BCUT2D eigenvalue weighted by atomic mass is 32.2. The Balaban J connectivity index is 1.69. The molecule has 0 fully saturated rings. The summed E-state index contributed by atoms with van der Waals surface area (Å²) in [7, 11) is 0. The van der Waals surface area contributed by atoms with Crippen LogP contribution in [-0.2, 0) is 4.79 Å². The summed E-state index contributed by atoms with van der Waals surface area (Å²) in [5, 5.41) is 13.3. The number of carbonyl (C=O) groups excluding carboxylic acids is 1. The zero-order chi connectivity index (χ0) is 16.9. The van der Waals surface area contributed by atoms with Crippen molar-refractivity contribution in [2.45, 2.75) is 24.3 Å². The van der Waals surface area contributed by atoms with E-state index in [0.717, 1.165) is 20.9 Å². The molecule has 7 heteroatoms. The highest BCUT2D eigenvalue weighted by Crippen LogP contribution is 2.27. The van der Waals surface area contributed by atoms with E-state index in [2.05, 4.69) is 15.5 Å². The van der Waals surface area contributed by atoms with Gasteiger partial charge in [-0.25, -0.2) is 0 Å². The van der Waals surface area contributed by atoms with Gasteiger partial charge in [0.2, 0.25) is 5.13 Å². The molecular weight excluding hydrogens is 342 g/mol. The number of hydrogen-bond donors (Lipinski definition) is 1. The number of ether oxygens (including phenoxy) is 1. The summed E-state index contributed by atoms with van der Waals surface area (Å²) in [6, 6.07) is 13.7. The van der Waals surface area contributed by atoms with Crippen molar-refractivity contribution in [1.82, 2.24) is 10.2 Å². The van der Waals surface area contributed by atoms with Crippen molar-refractivity contribution in [3.05, 3.63) is 42.5 Å². The number of hydrogen-bond acceptors (Lipinski definition) is 6. The Kier molecular flexibility index (Phi) is 5.32. The highest BCUT2D eigenvalue weighted by molar-refractivity contribution is 8.01. The maximum Gasteiger partial charge on any atom is 0.266 e. The smallest absolute Gasteiger partial charge is 0.266 e. The first-order valence-electron chi connectivity index (χ1n) is 7.59. The van der Waals surface area contributed by atoms with Crippen molar-refractivity contribution in [3.8, 4) is 5.75 Å². The monoisotopic (exact) mass is 359 g/mol. The van der Waals surface area contributed by atoms with Gasteiger partial charge in [-0.05, 0) is 24.1 Å². The van der Waals surface area contributed by atoms with Gasteiger partial charge in [0.15, 0.2) is 10.4 Å². The fourth-order valence-corrected chi connectivity index (χ4v) is 3.84. The number of carbonyl (C=O) groups is 1. The summed E-state index contributed by atoms with van der Waals surface area (Å²) in [6.07, 6.45) is -0.637. The van der Waals surface area contributed by atoms with Crippen LogP contribution in [0.15, 0.2) is 46.8 Å². The topological polar surface area (TPSA) is 64.1 Å². The Bertz CT molecular complexity index is 845. The molecule has 1 aromatic heterocycles. The van der Waals surface area contributed by atoms with E-state index in [1.807, 2.05) is 49.4 Å². The molecule has 0 saturated heterocycles. The molecule has 124 valence electrons. The molecule has 5 nitrogen and oxygen atoms in total. The lowest BCUT2D eigenvalue weighted by Crippen LogP contribution is -2.30. The Hall–Kier alpha value is -2.12. The molecule has 3 rings (SSSR count). The van der Waals surface area contributed by atoms with Gasteiger partial charge in [0, 0.05) is 5.39 Å². The molecular formula is C17H17N3O2S2. The fourth-order valence-electron chi connectivity index (χ4n) is 2.19. The predicted molar refractivity (Wildman–Crippen MR) is 99.0 cm³/mol. The first-order valence-corrected chi connectivity index (χ1v) is 9.39. The fraction of sp³-hybridized carbons (Fsp3) is 0.235. The van der Waals surface area contributed by atoms with Crippen LogP contribution in [0.2, 0.25) is 0 Å². The van der Waals surface area contributed by atoms with Crippen molar-refractivity contribution in [3.63, 3.8) is 0 Å². The van der Waals surface area contributed by atoms with Crippen LogP contribution in [0.3, 0.4) is 0 Å². The Morgan fingerprint density at radius 2 is 2.04 bits per heavy atom. The van der Waals surface area contributed by atoms with Gasteiger partial charge >= 0.3 is 0 Å². The molecule has 24 heavy (non-hydrogen) atoms. The van der Waals surface area contributed by atoms with E-state index in [-0.39, 0.29) is 5.91 Å². The third-order valence-corrected chi connectivity index (χ3v) is 5.18. The van der Waals surface area contributed by atoms with Crippen molar-refractivity contribution in [2.75, 3.05) is 11.1 Å². The molecule has 1 amide bonds. The number of thioether (sulfide) groups is 1. The van der Waals surface area contributed by atoms with Crippen LogP contribution in [0.5, 0.6) is 5.75 Å². The lowest BCUT2D eigenvalue weighted by atomic mass is 10.1. The third-order valence-electron chi connectivity index (χ3n) is 3.33. The van der Waals surface area contributed by atoms with Gasteiger partial charge < -0.3 is 4.74 Å². The summed E-state index contributed by atoms with van der Waals surface area (Å²) in [6.45, 7) is 3.77. The van der Waals surface area contributed by atoms with Gasteiger partial charge in [-0.2, -0.15) is 0 Å². The second-order valence-electron chi connectivity index (χ2n) is 5.03. The quantitative estimate of drug-likeness (QED) is 0.528. The van der Waals surface area contributed by atoms with Crippen molar-refractivity contribution >= 4 is 44.9 Å². The molecule has 0 aliphatic rings. The van der Waals surface area contributed by atoms with Gasteiger partial charge in [-0.1, -0.05) is 66.4 Å². The minimum Gasteiger partial charge on any atom is -0.480 e. The molecule has 0 spiro atoms. The number of nitrogens with zero attached hydrogens (tertiary/aromatic N) is 2. The third kappa shape index (κ3) is 3.85. The maximum absolute atomic E-state index is 12.3. The first kappa shape index (κ1) is 16.7. The van der Waals surface area contributed by atoms with E-state index >= 15 is 0 Å². The first-order chi connectivity index (χ1) is 11.7. The molecule has 2 aromatic carbocycles. The lowest BCUT2D eigenvalue weighted by molar-refractivity contribution is -0.122. The van der Waals surface area contributed by atoms with Crippen LogP contribution in [-0.4, -0.2) is 28.0 Å². The van der Waals surface area contributed by atoms with Crippen molar-refractivity contribution < 1.29 is 9.53 Å². The molecule has 0 aliphatic heterocycles. The summed E-state index contributed by atoms with van der Waals surface area (Å²) in [4.78, 5) is 12.3. The van der Waals surface area contributed by atoms with E-state index in [9.17, 15) is 4.79 Å². The highest BCUT2D eigenvalue weighted by Gasteiger charge is 2.18. The predicted octanol–water partition coefficient (Wildman–Crippen LogP) is 4.21. The van der Waals surface area contributed by atoms with Crippen molar-refractivity contribution in [2.24, 2.45) is 0 Å². The largest absolute Gasteiger partial charge is 0.480 e. The molecule has 0 saturated carbocycles. The average molecular weight is 359 g/mol. The Morgan fingerprint density at radius 3 is 2.88 bits per heavy atom. The molecule has 0 bridgehead atoms. The number of amides is 1. The number of anilines is 1. The van der Waals surface area contributed by atoms with Crippen LogP contribution in [0.25, 0.3) is 10.8 Å². The summed E-state index contributed by atoms with van der Waals surface area (Å²) >= 11 is 2.96. The van der Waals surface area contributed by atoms with E-state index in [0.29, 0.717) is 10.9 Å². The number of fused-ring (bicyclic) bond motifs is 1. The van der Waals surface area contributed by atoms with E-state index in [1.54, 1.807) is 18.7 Å². The summed E-state index contributed by atoms with van der Waals surface area (Å²) in [5.41, 5.74) is 0.